The molecule has 4 rings (SSSR count). The second-order valence-electron chi connectivity index (χ2n) is 6.79. The molecule has 2 heterocycles. The molecule has 0 fully saturated rings. The Bertz CT molecular complexity index is 1270. The number of nitrogens with one attached hydrogen (secondary N) is 1. The van der Waals surface area contributed by atoms with Crippen LogP contribution in [-0.4, -0.2) is 9.97 Å². The van der Waals surface area contributed by atoms with Crippen molar-refractivity contribution in [1.82, 2.24) is 9.97 Å². The van der Waals surface area contributed by atoms with Crippen LogP contribution in [0.3, 0.4) is 0 Å². The van der Waals surface area contributed by atoms with E-state index in [1.807, 2.05) is 24.3 Å². The van der Waals surface area contributed by atoms with Gasteiger partial charge >= 0.3 is 0 Å². The van der Waals surface area contributed by atoms with E-state index in [0.717, 1.165) is 5.56 Å². The van der Waals surface area contributed by atoms with E-state index in [0.29, 0.717) is 52.4 Å². The quantitative estimate of drug-likeness (QED) is 0.388. The van der Waals surface area contributed by atoms with E-state index in [1.54, 1.807) is 54.9 Å². The summed E-state index contributed by atoms with van der Waals surface area (Å²) in [6, 6.07) is 21.6. The lowest BCUT2D eigenvalue weighted by atomic mass is 10.2. The maximum Gasteiger partial charge on any atom is 0.150 e. The molecule has 2 aromatic carbocycles. The Labute approximate surface area is 185 Å². The highest BCUT2D eigenvalue weighted by atomic mass is 16.5. The second kappa shape index (κ2) is 9.47. The van der Waals surface area contributed by atoms with Crippen molar-refractivity contribution in [2.45, 2.75) is 6.54 Å². The molecule has 8 heteroatoms. The van der Waals surface area contributed by atoms with Crippen LogP contribution in [0, 0.1) is 11.3 Å². The minimum absolute atomic E-state index is 0.344. The number of benzene rings is 2. The summed E-state index contributed by atoms with van der Waals surface area (Å²) in [6.07, 6.45) is 3.19. The summed E-state index contributed by atoms with van der Waals surface area (Å²) in [4.78, 5) is 8.31. The minimum atomic E-state index is 0.344. The van der Waals surface area contributed by atoms with Crippen LogP contribution in [0.4, 0.5) is 17.3 Å². The first-order valence-electron chi connectivity index (χ1n) is 9.76. The molecule has 8 nitrogen and oxygen atoms in total. The molecule has 4 aromatic rings. The zero-order valence-corrected chi connectivity index (χ0v) is 17.0. The van der Waals surface area contributed by atoms with Crippen LogP contribution in [0.5, 0.6) is 23.0 Å². The van der Waals surface area contributed by atoms with Crippen LogP contribution in [0.1, 0.15) is 11.1 Å². The number of hydrogen-bond donors (Lipinski definition) is 3. The predicted octanol–water partition coefficient (Wildman–Crippen LogP) is 4.72. The standard InChI is InChI=1S/C24H20N6O2/c25-14-16-1-4-18(5-2-16)31-20-8-10-29-24(13-20)30-21-11-17(15-26)3-6-22(21)32-19-7-9-28-23(27)12-19/h1-13H,14,25H2,(H2,27,28)(H,29,30). The SMILES string of the molecule is N#Cc1ccc(Oc2ccnc(N)c2)c(Nc2cc(Oc3ccc(CN)cc3)ccn2)c1. The topological polar surface area (TPSA) is 132 Å². The van der Waals surface area contributed by atoms with Gasteiger partial charge in [-0.25, -0.2) is 9.97 Å². The van der Waals surface area contributed by atoms with Gasteiger partial charge in [0.05, 0.1) is 17.3 Å². The van der Waals surface area contributed by atoms with Gasteiger partial charge in [0, 0.05) is 31.1 Å². The lowest BCUT2D eigenvalue weighted by Crippen LogP contribution is -1.98. The third-order valence-corrected chi connectivity index (χ3v) is 4.48. The number of anilines is 3. The molecule has 0 spiro atoms. The van der Waals surface area contributed by atoms with Crippen LogP contribution < -0.4 is 26.3 Å². The first-order chi connectivity index (χ1) is 15.6. The number of rotatable bonds is 7. The van der Waals surface area contributed by atoms with Crippen LogP contribution in [0.15, 0.2) is 79.1 Å². The highest BCUT2D eigenvalue weighted by molar-refractivity contribution is 5.67. The molecule has 0 aliphatic carbocycles. The molecule has 0 amide bonds. The first-order valence-corrected chi connectivity index (χ1v) is 9.76. The molecule has 5 N–H and O–H groups in total. The van der Waals surface area contributed by atoms with Gasteiger partial charge in [-0.05, 0) is 48.0 Å². The van der Waals surface area contributed by atoms with Crippen molar-refractivity contribution in [1.29, 1.82) is 5.26 Å². The van der Waals surface area contributed by atoms with Crippen molar-refractivity contribution in [3.8, 4) is 29.1 Å². The number of nitriles is 1. The highest BCUT2D eigenvalue weighted by Crippen LogP contribution is 2.33. The molecule has 0 atom stereocenters. The largest absolute Gasteiger partial charge is 0.457 e. The Morgan fingerprint density at radius 2 is 1.59 bits per heavy atom. The summed E-state index contributed by atoms with van der Waals surface area (Å²) in [6.45, 7) is 0.474. The molecule has 0 saturated heterocycles. The van der Waals surface area contributed by atoms with Crippen molar-refractivity contribution in [2.24, 2.45) is 5.73 Å². The Kier molecular flexibility index (Phi) is 6.11. The van der Waals surface area contributed by atoms with Gasteiger partial charge in [-0.15, -0.1) is 0 Å². The molecule has 0 bridgehead atoms. The summed E-state index contributed by atoms with van der Waals surface area (Å²) >= 11 is 0. The van der Waals surface area contributed by atoms with Crippen molar-refractivity contribution < 1.29 is 9.47 Å². The molecule has 0 saturated carbocycles. The number of hydrogen-bond acceptors (Lipinski definition) is 8. The first kappa shape index (κ1) is 20.7. The smallest absolute Gasteiger partial charge is 0.150 e. The van der Waals surface area contributed by atoms with Crippen molar-refractivity contribution in [3.63, 3.8) is 0 Å². The zero-order chi connectivity index (χ0) is 22.3. The molecule has 0 aliphatic heterocycles. The lowest BCUT2D eigenvalue weighted by Gasteiger charge is -2.14. The van der Waals surface area contributed by atoms with Gasteiger partial charge in [0.2, 0.25) is 0 Å². The van der Waals surface area contributed by atoms with E-state index in [2.05, 4.69) is 21.4 Å². The number of nitrogens with zero attached hydrogens (tertiary/aromatic N) is 3. The number of pyridine rings is 2. The number of nitrogens with two attached hydrogens (primary N) is 2. The number of nitrogen functional groups attached to an aromatic ring is 1. The Balaban J connectivity index is 1.57. The van der Waals surface area contributed by atoms with E-state index in [4.69, 9.17) is 20.9 Å². The lowest BCUT2D eigenvalue weighted by molar-refractivity contribution is 0.481. The zero-order valence-electron chi connectivity index (χ0n) is 17.0. The minimum Gasteiger partial charge on any atom is -0.457 e. The fourth-order valence-corrected chi connectivity index (χ4v) is 2.92. The maximum absolute atomic E-state index is 9.30. The molecular weight excluding hydrogens is 404 g/mol. The van der Waals surface area contributed by atoms with Gasteiger partial charge in [0.1, 0.15) is 28.9 Å². The van der Waals surface area contributed by atoms with Crippen LogP contribution in [-0.2, 0) is 6.54 Å². The summed E-state index contributed by atoms with van der Waals surface area (Å²) in [7, 11) is 0. The Hall–Kier alpha value is -4.61. The maximum atomic E-state index is 9.30. The molecule has 32 heavy (non-hydrogen) atoms. The van der Waals surface area contributed by atoms with Crippen LogP contribution in [0.2, 0.25) is 0 Å². The van der Waals surface area contributed by atoms with E-state index in [9.17, 15) is 5.26 Å². The second-order valence-corrected chi connectivity index (χ2v) is 6.79. The van der Waals surface area contributed by atoms with Crippen molar-refractivity contribution >= 4 is 17.3 Å². The van der Waals surface area contributed by atoms with Crippen LogP contribution in [0.25, 0.3) is 0 Å². The Morgan fingerprint density at radius 1 is 0.844 bits per heavy atom. The van der Waals surface area contributed by atoms with Crippen molar-refractivity contribution in [2.75, 3.05) is 11.1 Å². The third-order valence-electron chi connectivity index (χ3n) is 4.48. The fourth-order valence-electron chi connectivity index (χ4n) is 2.92. The Morgan fingerprint density at radius 3 is 2.31 bits per heavy atom. The molecule has 0 unspecified atom stereocenters. The van der Waals surface area contributed by atoms with Gasteiger partial charge < -0.3 is 26.3 Å². The summed E-state index contributed by atoms with van der Waals surface area (Å²) in [5.41, 5.74) is 13.4. The van der Waals surface area contributed by atoms with E-state index in [1.165, 1.54) is 0 Å². The molecule has 0 radical (unpaired) electrons. The average Bonchev–Trinajstić information content (AvgIpc) is 2.81. The van der Waals surface area contributed by atoms with Gasteiger partial charge in [0.25, 0.3) is 0 Å². The molecule has 158 valence electrons. The van der Waals surface area contributed by atoms with Gasteiger partial charge in [0.15, 0.2) is 5.75 Å². The fraction of sp³-hybridized carbons (Fsp3) is 0.0417. The monoisotopic (exact) mass is 424 g/mol. The molecule has 2 aromatic heterocycles. The van der Waals surface area contributed by atoms with Gasteiger partial charge in [-0.2, -0.15) is 5.26 Å². The molecular formula is C24H20N6O2. The third kappa shape index (κ3) is 5.11. The average molecular weight is 424 g/mol. The van der Waals surface area contributed by atoms with Gasteiger partial charge in [-0.3, -0.25) is 0 Å². The van der Waals surface area contributed by atoms with Crippen LogP contribution >= 0.6 is 0 Å². The number of aromatic nitrogens is 2. The van der Waals surface area contributed by atoms with E-state index < -0.39 is 0 Å². The predicted molar refractivity (Wildman–Crippen MR) is 122 cm³/mol. The summed E-state index contributed by atoms with van der Waals surface area (Å²) < 4.78 is 11.9. The normalized spacial score (nSPS) is 10.2. The molecule has 0 aliphatic rings. The summed E-state index contributed by atoms with van der Waals surface area (Å²) in [5, 5.41) is 12.5. The van der Waals surface area contributed by atoms with E-state index >= 15 is 0 Å². The van der Waals surface area contributed by atoms with Crippen molar-refractivity contribution in [3.05, 3.63) is 90.3 Å². The number of ether oxygens (including phenoxy) is 2. The van der Waals surface area contributed by atoms with Gasteiger partial charge in [-0.1, -0.05) is 12.1 Å². The highest BCUT2D eigenvalue weighted by Gasteiger charge is 2.10. The van der Waals surface area contributed by atoms with E-state index in [-0.39, 0.29) is 0 Å². The summed E-state index contributed by atoms with van der Waals surface area (Å²) in [5.74, 6) is 3.18.